The molecule has 6 heteroatoms. The summed E-state index contributed by atoms with van der Waals surface area (Å²) in [5, 5.41) is 4.25. The van der Waals surface area contributed by atoms with E-state index >= 15 is 0 Å². The third-order valence-electron chi connectivity index (χ3n) is 6.28. The highest BCUT2D eigenvalue weighted by atomic mass is 32.1. The van der Waals surface area contributed by atoms with Gasteiger partial charge in [-0.05, 0) is 61.5 Å². The molecule has 2 fully saturated rings. The normalized spacial score (nSPS) is 21.8. The summed E-state index contributed by atoms with van der Waals surface area (Å²) in [4.78, 5) is 6.87. The molecule has 1 N–H and O–H groups in total. The Morgan fingerprint density at radius 3 is 2.60 bits per heavy atom. The first-order chi connectivity index (χ1) is 14.8. The lowest BCUT2D eigenvalue weighted by Crippen LogP contribution is -2.31. The first-order valence-corrected chi connectivity index (χ1v) is 11.0. The first-order valence-electron chi connectivity index (χ1n) is 10.6. The van der Waals surface area contributed by atoms with Gasteiger partial charge in [-0.1, -0.05) is 31.0 Å². The van der Waals surface area contributed by atoms with E-state index in [4.69, 9.17) is 17.0 Å². The van der Waals surface area contributed by atoms with Gasteiger partial charge < -0.3 is 19.5 Å². The highest BCUT2D eigenvalue weighted by Crippen LogP contribution is 2.45. The second-order valence-electron chi connectivity index (χ2n) is 7.95. The standard InChI is InChI=1S/C24H26N4OS/c1-29-21-14-5-4-12-19(21)28-23(20-13-8-16-27(20)17-9-2-3-10-17)22(26-24(28)30)18-11-6-7-15-25-18/h4-8,11-17,22-23H,2-3,9-10H2,1H3,(H,26,30). The lowest BCUT2D eigenvalue weighted by atomic mass is 10.00. The molecule has 0 amide bonds. The lowest BCUT2D eigenvalue weighted by molar-refractivity contribution is 0.412. The molecule has 1 aromatic carbocycles. The molecule has 30 heavy (non-hydrogen) atoms. The molecule has 2 aliphatic rings. The monoisotopic (exact) mass is 418 g/mol. The second-order valence-corrected chi connectivity index (χ2v) is 8.33. The predicted octanol–water partition coefficient (Wildman–Crippen LogP) is 5.18. The van der Waals surface area contributed by atoms with Crippen molar-refractivity contribution in [2.45, 2.75) is 43.8 Å². The van der Waals surface area contributed by atoms with E-state index in [1.54, 1.807) is 7.11 Å². The van der Waals surface area contributed by atoms with Crippen molar-refractivity contribution in [2.75, 3.05) is 12.0 Å². The van der Waals surface area contributed by atoms with Crippen molar-refractivity contribution in [3.63, 3.8) is 0 Å². The van der Waals surface area contributed by atoms with Gasteiger partial charge in [-0.2, -0.15) is 0 Å². The van der Waals surface area contributed by atoms with E-state index in [0.29, 0.717) is 11.2 Å². The summed E-state index contributed by atoms with van der Waals surface area (Å²) in [5.41, 5.74) is 3.22. The molecule has 5 nitrogen and oxygen atoms in total. The van der Waals surface area contributed by atoms with Crippen LogP contribution < -0.4 is 15.0 Å². The number of para-hydroxylation sites is 2. The minimum absolute atomic E-state index is 0.0145. The number of rotatable bonds is 5. The van der Waals surface area contributed by atoms with Crippen LogP contribution in [0.3, 0.4) is 0 Å². The Kier molecular flexibility index (Phi) is 5.17. The Morgan fingerprint density at radius 1 is 1.03 bits per heavy atom. The fraction of sp³-hybridized carbons (Fsp3) is 0.333. The van der Waals surface area contributed by atoms with Crippen LogP contribution in [-0.4, -0.2) is 21.8 Å². The summed E-state index contributed by atoms with van der Waals surface area (Å²) in [6.45, 7) is 0. The van der Waals surface area contributed by atoms with Gasteiger partial charge in [0, 0.05) is 24.1 Å². The maximum absolute atomic E-state index is 5.86. The minimum atomic E-state index is -0.0429. The van der Waals surface area contributed by atoms with Crippen LogP contribution in [0, 0.1) is 0 Å². The zero-order valence-corrected chi connectivity index (χ0v) is 17.9. The molecule has 0 radical (unpaired) electrons. The van der Waals surface area contributed by atoms with Crippen LogP contribution in [0.4, 0.5) is 5.69 Å². The molecule has 0 bridgehead atoms. The topological polar surface area (TPSA) is 42.3 Å². The number of nitrogens with one attached hydrogen (secondary N) is 1. The number of methoxy groups -OCH3 is 1. The van der Waals surface area contributed by atoms with Gasteiger partial charge in [-0.15, -0.1) is 0 Å². The van der Waals surface area contributed by atoms with Crippen molar-refractivity contribution in [1.29, 1.82) is 0 Å². The smallest absolute Gasteiger partial charge is 0.174 e. The van der Waals surface area contributed by atoms with Gasteiger partial charge in [-0.3, -0.25) is 4.98 Å². The quantitative estimate of drug-likeness (QED) is 0.578. The third kappa shape index (κ3) is 3.25. The van der Waals surface area contributed by atoms with Crippen LogP contribution in [0.5, 0.6) is 5.75 Å². The molecule has 3 aromatic rings. The first kappa shape index (κ1) is 19.1. The van der Waals surface area contributed by atoms with E-state index in [2.05, 4.69) is 50.2 Å². The number of hydrogen-bond donors (Lipinski definition) is 1. The number of anilines is 1. The summed E-state index contributed by atoms with van der Waals surface area (Å²) in [5.74, 6) is 0.812. The van der Waals surface area contributed by atoms with Crippen LogP contribution in [0.15, 0.2) is 67.0 Å². The van der Waals surface area contributed by atoms with Crippen molar-refractivity contribution >= 4 is 23.0 Å². The maximum Gasteiger partial charge on any atom is 0.174 e. The average molecular weight is 419 g/mol. The van der Waals surface area contributed by atoms with Gasteiger partial charge in [0.25, 0.3) is 0 Å². The van der Waals surface area contributed by atoms with Gasteiger partial charge in [0.2, 0.25) is 0 Å². The number of thiocarbonyl (C=S) groups is 1. The van der Waals surface area contributed by atoms with Gasteiger partial charge >= 0.3 is 0 Å². The molecule has 5 rings (SSSR count). The fourth-order valence-electron chi connectivity index (χ4n) is 4.92. The maximum atomic E-state index is 5.86. The molecular weight excluding hydrogens is 392 g/mol. The van der Waals surface area contributed by atoms with Gasteiger partial charge in [0.05, 0.1) is 24.5 Å². The molecule has 3 heterocycles. The van der Waals surface area contributed by atoms with Crippen molar-refractivity contribution in [2.24, 2.45) is 0 Å². The van der Waals surface area contributed by atoms with Crippen molar-refractivity contribution < 1.29 is 4.74 Å². The molecule has 1 aliphatic heterocycles. The summed E-state index contributed by atoms with van der Waals surface area (Å²) >= 11 is 5.86. The van der Waals surface area contributed by atoms with Crippen LogP contribution in [0.1, 0.15) is 55.2 Å². The summed E-state index contributed by atoms with van der Waals surface area (Å²) in [6.07, 6.45) is 9.12. The summed E-state index contributed by atoms with van der Waals surface area (Å²) < 4.78 is 8.16. The van der Waals surface area contributed by atoms with Crippen molar-refractivity contribution in [1.82, 2.24) is 14.9 Å². The molecule has 2 atom stereocenters. The average Bonchev–Trinajstić information content (AvgIpc) is 3.53. The molecule has 154 valence electrons. The van der Waals surface area contributed by atoms with Crippen molar-refractivity contribution in [3.05, 3.63) is 78.4 Å². The predicted molar refractivity (Wildman–Crippen MR) is 123 cm³/mol. The van der Waals surface area contributed by atoms with E-state index in [9.17, 15) is 0 Å². The summed E-state index contributed by atoms with van der Waals surface area (Å²) in [7, 11) is 1.71. The molecule has 1 saturated carbocycles. The Bertz CT molecular complexity index is 1030. The van der Waals surface area contributed by atoms with E-state index in [1.165, 1.54) is 31.4 Å². The number of hydrogen-bond acceptors (Lipinski definition) is 3. The van der Waals surface area contributed by atoms with Gasteiger partial charge in [0.1, 0.15) is 11.8 Å². The Labute approximate surface area is 182 Å². The zero-order chi connectivity index (χ0) is 20.5. The Morgan fingerprint density at radius 2 is 1.83 bits per heavy atom. The van der Waals surface area contributed by atoms with E-state index < -0.39 is 0 Å². The summed E-state index contributed by atoms with van der Waals surface area (Å²) in [6, 6.07) is 19.0. The molecule has 1 saturated heterocycles. The van der Waals surface area contributed by atoms with E-state index in [0.717, 1.165) is 17.1 Å². The van der Waals surface area contributed by atoms with E-state index in [-0.39, 0.29) is 12.1 Å². The molecule has 2 aromatic heterocycles. The van der Waals surface area contributed by atoms with Crippen LogP contribution in [0.2, 0.25) is 0 Å². The Hall–Kier alpha value is -2.86. The third-order valence-corrected chi connectivity index (χ3v) is 6.59. The van der Waals surface area contributed by atoms with Crippen LogP contribution >= 0.6 is 12.2 Å². The highest BCUT2D eigenvalue weighted by molar-refractivity contribution is 7.80. The zero-order valence-electron chi connectivity index (χ0n) is 17.1. The number of ether oxygens (including phenoxy) is 1. The van der Waals surface area contributed by atoms with Gasteiger partial charge in [-0.25, -0.2) is 0 Å². The molecule has 2 unspecified atom stereocenters. The molecular formula is C24H26N4OS. The molecule has 1 aliphatic carbocycles. The van der Waals surface area contributed by atoms with E-state index in [1.807, 2.05) is 36.5 Å². The fourth-order valence-corrected chi connectivity index (χ4v) is 5.26. The molecule has 0 spiro atoms. The lowest BCUT2D eigenvalue weighted by Gasteiger charge is -2.31. The van der Waals surface area contributed by atoms with Crippen LogP contribution in [0.25, 0.3) is 0 Å². The number of aromatic nitrogens is 2. The second kappa shape index (κ2) is 8.11. The van der Waals surface area contributed by atoms with Gasteiger partial charge in [0.15, 0.2) is 5.11 Å². The van der Waals surface area contributed by atoms with Crippen molar-refractivity contribution in [3.8, 4) is 5.75 Å². The number of benzene rings is 1. The Balaban J connectivity index is 1.65. The SMILES string of the molecule is COc1ccccc1N1C(=S)NC(c2ccccn2)C1c1cccn1C1CCCC1. The minimum Gasteiger partial charge on any atom is -0.495 e. The number of nitrogens with zero attached hydrogens (tertiary/aromatic N) is 3. The highest BCUT2D eigenvalue weighted by Gasteiger charge is 2.43. The number of pyridine rings is 1. The van der Waals surface area contributed by atoms with Crippen LogP contribution in [-0.2, 0) is 0 Å². The largest absolute Gasteiger partial charge is 0.495 e.